The molecule has 0 radical (unpaired) electrons. The maximum absolute atomic E-state index is 12.3. The van der Waals surface area contributed by atoms with Gasteiger partial charge < -0.3 is 5.11 Å². The minimum Gasteiger partial charge on any atom is -0.481 e. The number of hydrogen-bond donors (Lipinski definition) is 2. The van der Waals surface area contributed by atoms with Gasteiger partial charge in [-0.15, -0.1) is 0 Å². The molecule has 0 spiro atoms. The average molecular weight is 330 g/mol. The van der Waals surface area contributed by atoms with Crippen LogP contribution in [0, 0.1) is 12.8 Å². The topological polar surface area (TPSA) is 96.4 Å². The Morgan fingerprint density at radius 1 is 1.30 bits per heavy atom. The fourth-order valence-corrected chi connectivity index (χ4v) is 3.49. The fourth-order valence-electron chi connectivity index (χ4n) is 2.55. The van der Waals surface area contributed by atoms with E-state index in [0.29, 0.717) is 21.3 Å². The van der Waals surface area contributed by atoms with Crippen molar-refractivity contribution in [1.29, 1.82) is 0 Å². The Hall–Kier alpha value is -2.54. The lowest BCUT2D eigenvalue weighted by atomic mass is 9.90. The number of nitrogens with zero attached hydrogens (tertiary/aromatic N) is 1. The van der Waals surface area contributed by atoms with Crippen LogP contribution in [-0.2, 0) is 11.2 Å². The molecule has 6 nitrogen and oxygen atoms in total. The summed E-state index contributed by atoms with van der Waals surface area (Å²) in [5, 5.41) is 12.1. The number of ketones is 1. The van der Waals surface area contributed by atoms with Crippen LogP contribution in [0.25, 0.3) is 0 Å². The number of amides is 1. The van der Waals surface area contributed by atoms with Crippen molar-refractivity contribution in [2.24, 2.45) is 5.92 Å². The van der Waals surface area contributed by atoms with E-state index in [9.17, 15) is 14.4 Å². The molecule has 0 aliphatic heterocycles. The normalized spacial score (nSPS) is 16.7. The molecular weight excluding hydrogens is 316 g/mol. The Bertz CT molecular complexity index is 812. The summed E-state index contributed by atoms with van der Waals surface area (Å²) in [5.41, 5.74) is 1.84. The number of thiazole rings is 1. The second kappa shape index (κ2) is 5.92. The SMILES string of the molecule is Cc1ccccc1C(=O)Nc1nc2c(s1)C(=O)C[C@@H](C(=O)O)C2. The summed E-state index contributed by atoms with van der Waals surface area (Å²) in [7, 11) is 0. The number of carboxylic acids is 1. The average Bonchev–Trinajstić information content (AvgIpc) is 2.90. The van der Waals surface area contributed by atoms with Gasteiger partial charge in [0.25, 0.3) is 5.91 Å². The van der Waals surface area contributed by atoms with Gasteiger partial charge in [0.05, 0.1) is 16.5 Å². The van der Waals surface area contributed by atoms with E-state index >= 15 is 0 Å². The summed E-state index contributed by atoms with van der Waals surface area (Å²) in [6.07, 6.45) is 0.197. The van der Waals surface area contributed by atoms with Gasteiger partial charge in [-0.1, -0.05) is 29.5 Å². The number of carboxylic acid groups (broad SMARTS) is 1. The second-order valence-corrected chi connectivity index (χ2v) is 6.43. The molecule has 2 N–H and O–H groups in total. The molecule has 0 fully saturated rings. The quantitative estimate of drug-likeness (QED) is 0.901. The molecule has 1 amide bonds. The van der Waals surface area contributed by atoms with Crippen LogP contribution in [0.2, 0.25) is 0 Å². The summed E-state index contributed by atoms with van der Waals surface area (Å²) in [6, 6.07) is 7.17. The van der Waals surface area contributed by atoms with Crippen molar-refractivity contribution < 1.29 is 19.5 Å². The zero-order chi connectivity index (χ0) is 16.6. The fraction of sp³-hybridized carbons (Fsp3) is 0.250. The van der Waals surface area contributed by atoms with Crippen LogP contribution < -0.4 is 5.32 Å². The van der Waals surface area contributed by atoms with Crippen molar-refractivity contribution in [3.8, 4) is 0 Å². The third-order valence-electron chi connectivity index (χ3n) is 3.78. The molecule has 1 atom stereocenters. The number of carbonyl (C=O) groups is 3. The zero-order valence-electron chi connectivity index (χ0n) is 12.3. The van der Waals surface area contributed by atoms with Gasteiger partial charge in [0, 0.05) is 18.4 Å². The first-order valence-electron chi connectivity index (χ1n) is 7.08. The number of aromatic nitrogens is 1. The first kappa shape index (κ1) is 15.4. The highest BCUT2D eigenvalue weighted by Crippen LogP contribution is 2.32. The molecule has 0 bridgehead atoms. The van der Waals surface area contributed by atoms with Gasteiger partial charge >= 0.3 is 5.97 Å². The van der Waals surface area contributed by atoms with Crippen LogP contribution in [0.4, 0.5) is 5.13 Å². The monoisotopic (exact) mass is 330 g/mol. The van der Waals surface area contributed by atoms with E-state index in [4.69, 9.17) is 5.11 Å². The number of aliphatic carboxylic acids is 1. The van der Waals surface area contributed by atoms with E-state index in [-0.39, 0.29) is 24.5 Å². The number of rotatable bonds is 3. The largest absolute Gasteiger partial charge is 0.481 e. The minimum atomic E-state index is -0.998. The van der Waals surface area contributed by atoms with Crippen LogP contribution in [0.1, 0.15) is 37.7 Å². The molecule has 3 rings (SSSR count). The minimum absolute atomic E-state index is 0.0181. The molecule has 0 saturated heterocycles. The van der Waals surface area contributed by atoms with Crippen molar-refractivity contribution in [2.75, 3.05) is 5.32 Å². The predicted octanol–water partition coefficient (Wildman–Crippen LogP) is 2.53. The lowest BCUT2D eigenvalue weighted by Gasteiger charge is -2.15. The number of carbonyl (C=O) groups excluding carboxylic acids is 2. The molecule has 1 aromatic carbocycles. The van der Waals surface area contributed by atoms with E-state index in [1.165, 1.54) is 0 Å². The molecule has 7 heteroatoms. The van der Waals surface area contributed by atoms with Crippen molar-refractivity contribution in [2.45, 2.75) is 19.8 Å². The molecule has 1 aliphatic carbocycles. The first-order valence-corrected chi connectivity index (χ1v) is 7.90. The highest BCUT2D eigenvalue weighted by Gasteiger charge is 2.33. The van der Waals surface area contributed by atoms with Crippen LogP contribution in [0.3, 0.4) is 0 Å². The maximum Gasteiger partial charge on any atom is 0.307 e. The van der Waals surface area contributed by atoms with Gasteiger partial charge in [0.2, 0.25) is 0 Å². The smallest absolute Gasteiger partial charge is 0.307 e. The van der Waals surface area contributed by atoms with Gasteiger partial charge in [-0.05, 0) is 18.6 Å². The second-order valence-electron chi connectivity index (χ2n) is 5.43. The number of aryl methyl sites for hydroxylation is 1. The van der Waals surface area contributed by atoms with Crippen LogP contribution in [0.15, 0.2) is 24.3 Å². The van der Waals surface area contributed by atoms with Crippen molar-refractivity contribution in [3.05, 3.63) is 46.0 Å². The summed E-state index contributed by atoms with van der Waals surface area (Å²) < 4.78 is 0. The number of fused-ring (bicyclic) bond motifs is 1. The van der Waals surface area contributed by atoms with E-state index in [1.54, 1.807) is 12.1 Å². The van der Waals surface area contributed by atoms with Crippen molar-refractivity contribution in [3.63, 3.8) is 0 Å². The highest BCUT2D eigenvalue weighted by atomic mass is 32.1. The summed E-state index contributed by atoms with van der Waals surface area (Å²) in [5.74, 6) is -2.26. The van der Waals surface area contributed by atoms with E-state index in [1.807, 2.05) is 19.1 Å². The zero-order valence-corrected chi connectivity index (χ0v) is 13.1. The summed E-state index contributed by atoms with van der Waals surface area (Å²) in [4.78, 5) is 40.0. The Kier molecular flexibility index (Phi) is 3.96. The Labute approximate surface area is 136 Å². The highest BCUT2D eigenvalue weighted by molar-refractivity contribution is 7.17. The van der Waals surface area contributed by atoms with E-state index in [2.05, 4.69) is 10.3 Å². The Balaban J connectivity index is 1.83. The third kappa shape index (κ3) is 3.00. The Morgan fingerprint density at radius 3 is 2.74 bits per heavy atom. The van der Waals surface area contributed by atoms with E-state index < -0.39 is 11.9 Å². The third-order valence-corrected chi connectivity index (χ3v) is 4.84. The molecule has 0 unspecified atom stereocenters. The molecule has 1 heterocycles. The van der Waals surface area contributed by atoms with Gasteiger partial charge in [-0.2, -0.15) is 0 Å². The summed E-state index contributed by atoms with van der Waals surface area (Å²) >= 11 is 1.10. The van der Waals surface area contributed by atoms with E-state index in [0.717, 1.165) is 16.9 Å². The lowest BCUT2D eigenvalue weighted by Crippen LogP contribution is -2.25. The molecule has 1 aliphatic rings. The van der Waals surface area contributed by atoms with Gasteiger partial charge in [0.1, 0.15) is 0 Å². The number of anilines is 1. The number of benzene rings is 1. The van der Waals surface area contributed by atoms with Crippen LogP contribution >= 0.6 is 11.3 Å². The van der Waals surface area contributed by atoms with Crippen molar-refractivity contribution in [1.82, 2.24) is 4.98 Å². The van der Waals surface area contributed by atoms with Gasteiger partial charge in [-0.3, -0.25) is 19.7 Å². The van der Waals surface area contributed by atoms with Gasteiger partial charge in [-0.25, -0.2) is 4.98 Å². The predicted molar refractivity (Wildman–Crippen MR) is 85.0 cm³/mol. The Morgan fingerprint density at radius 2 is 2.04 bits per heavy atom. The van der Waals surface area contributed by atoms with Crippen molar-refractivity contribution >= 4 is 34.1 Å². The maximum atomic E-state index is 12.3. The van der Waals surface area contributed by atoms with Crippen LogP contribution in [-0.4, -0.2) is 27.8 Å². The molecule has 2 aromatic rings. The molecule has 23 heavy (non-hydrogen) atoms. The van der Waals surface area contributed by atoms with Gasteiger partial charge in [0.15, 0.2) is 10.9 Å². The number of Topliss-reactive ketones (excluding diaryl/α,β-unsaturated/α-hetero) is 1. The molecule has 1 aromatic heterocycles. The number of hydrogen-bond acceptors (Lipinski definition) is 5. The first-order chi connectivity index (χ1) is 11.0. The standard InChI is InChI=1S/C16H14N2O4S/c1-8-4-2-3-5-10(8)14(20)18-16-17-11-6-9(15(21)22)7-12(19)13(11)23-16/h2-5,9H,6-7H2,1H3,(H,21,22)(H,17,18,20)/t9-/m0/s1. The molecule has 118 valence electrons. The lowest BCUT2D eigenvalue weighted by molar-refractivity contribution is -0.141. The van der Waals surface area contributed by atoms with Crippen LogP contribution in [0.5, 0.6) is 0 Å². The molecular formula is C16H14N2O4S. The molecule has 0 saturated carbocycles. The number of nitrogens with one attached hydrogen (secondary N) is 1. The summed E-state index contributed by atoms with van der Waals surface area (Å²) in [6.45, 7) is 1.84.